The number of nitrogens with zero attached hydrogens (tertiary/aromatic N) is 2. The first-order valence-electron chi connectivity index (χ1n) is 10.5. The van der Waals surface area contributed by atoms with E-state index in [0.717, 1.165) is 49.3 Å². The van der Waals surface area contributed by atoms with Gasteiger partial charge in [0.05, 0.1) is 5.56 Å². The Hall–Kier alpha value is -2.15. The Labute approximate surface area is 196 Å². The van der Waals surface area contributed by atoms with Gasteiger partial charge in [-0.2, -0.15) is 0 Å². The SMILES string of the molecule is CC(CC(=O)Nc1ccc2c(c1)CCN2C(=O)c1cccnc1)C1CCNCC1.Cl.Cl. The fraction of sp³-hybridized carbons (Fsp3) is 0.435. The number of nitrogens with one attached hydrogen (secondary N) is 2. The van der Waals surface area contributed by atoms with Crippen LogP contribution < -0.4 is 15.5 Å². The molecule has 168 valence electrons. The largest absolute Gasteiger partial charge is 0.326 e. The van der Waals surface area contributed by atoms with Crippen molar-refractivity contribution in [3.8, 4) is 0 Å². The van der Waals surface area contributed by atoms with Crippen molar-refractivity contribution in [2.24, 2.45) is 11.8 Å². The Kier molecular flexibility index (Phi) is 9.29. The van der Waals surface area contributed by atoms with Crippen LogP contribution in [0.15, 0.2) is 42.7 Å². The number of halogens is 2. The van der Waals surface area contributed by atoms with Crippen LogP contribution >= 0.6 is 24.8 Å². The Balaban J connectivity index is 0.00000171. The first-order valence-corrected chi connectivity index (χ1v) is 10.5. The van der Waals surface area contributed by atoms with Crippen molar-refractivity contribution in [2.75, 3.05) is 29.9 Å². The number of amides is 2. The molecule has 3 heterocycles. The molecule has 1 fully saturated rings. The summed E-state index contributed by atoms with van der Waals surface area (Å²) in [5, 5.41) is 6.43. The number of anilines is 2. The van der Waals surface area contributed by atoms with Crippen LogP contribution in [0.4, 0.5) is 11.4 Å². The average Bonchev–Trinajstić information content (AvgIpc) is 3.17. The van der Waals surface area contributed by atoms with Crippen molar-refractivity contribution in [1.29, 1.82) is 0 Å². The number of rotatable bonds is 5. The lowest BCUT2D eigenvalue weighted by Gasteiger charge is -2.27. The van der Waals surface area contributed by atoms with E-state index < -0.39 is 0 Å². The molecule has 4 rings (SSSR count). The third-order valence-electron chi connectivity index (χ3n) is 6.11. The van der Waals surface area contributed by atoms with E-state index in [-0.39, 0.29) is 36.6 Å². The van der Waals surface area contributed by atoms with E-state index in [9.17, 15) is 9.59 Å². The molecule has 1 atom stereocenters. The van der Waals surface area contributed by atoms with Crippen LogP contribution in [0.2, 0.25) is 0 Å². The lowest BCUT2D eigenvalue weighted by atomic mass is 9.84. The highest BCUT2D eigenvalue weighted by molar-refractivity contribution is 6.07. The van der Waals surface area contributed by atoms with Gasteiger partial charge in [-0.05, 0) is 80.1 Å². The van der Waals surface area contributed by atoms with Gasteiger partial charge in [-0.25, -0.2) is 0 Å². The van der Waals surface area contributed by atoms with Gasteiger partial charge >= 0.3 is 0 Å². The fourth-order valence-corrected chi connectivity index (χ4v) is 4.42. The molecule has 6 nitrogen and oxygen atoms in total. The van der Waals surface area contributed by atoms with Crippen molar-refractivity contribution in [3.05, 3.63) is 53.9 Å². The highest BCUT2D eigenvalue weighted by Crippen LogP contribution is 2.32. The second kappa shape index (κ2) is 11.5. The maximum Gasteiger partial charge on any atom is 0.259 e. The van der Waals surface area contributed by atoms with Gasteiger partial charge < -0.3 is 15.5 Å². The molecule has 2 N–H and O–H groups in total. The van der Waals surface area contributed by atoms with E-state index >= 15 is 0 Å². The standard InChI is InChI=1S/C23H28N4O2.2ClH/c1-16(17-6-10-24-11-7-17)13-22(28)26-20-4-5-21-18(14-20)8-12-27(21)23(29)19-3-2-9-25-15-19;;/h2-5,9,14-17,24H,6-8,10-13H2,1H3,(H,26,28);2*1H. The lowest BCUT2D eigenvalue weighted by molar-refractivity contribution is -0.117. The van der Waals surface area contributed by atoms with Crippen LogP contribution in [0.3, 0.4) is 0 Å². The molecule has 0 saturated carbocycles. The van der Waals surface area contributed by atoms with Crippen LogP contribution in [0, 0.1) is 11.8 Å². The molecule has 1 aromatic heterocycles. The molecule has 1 unspecified atom stereocenters. The Morgan fingerprint density at radius 3 is 2.71 bits per heavy atom. The van der Waals surface area contributed by atoms with Gasteiger partial charge in [0.1, 0.15) is 0 Å². The minimum absolute atomic E-state index is 0. The molecule has 31 heavy (non-hydrogen) atoms. The van der Waals surface area contributed by atoms with Crippen molar-refractivity contribution in [3.63, 3.8) is 0 Å². The van der Waals surface area contributed by atoms with Crippen molar-refractivity contribution in [2.45, 2.75) is 32.6 Å². The number of hydrogen-bond acceptors (Lipinski definition) is 4. The second-order valence-electron chi connectivity index (χ2n) is 8.11. The van der Waals surface area contributed by atoms with Gasteiger partial charge in [-0.3, -0.25) is 14.6 Å². The van der Waals surface area contributed by atoms with Crippen LogP contribution in [0.25, 0.3) is 0 Å². The van der Waals surface area contributed by atoms with Gasteiger partial charge in [-0.1, -0.05) is 6.92 Å². The normalized spacial score (nSPS) is 16.5. The number of fused-ring (bicyclic) bond motifs is 1. The van der Waals surface area contributed by atoms with E-state index in [4.69, 9.17) is 0 Å². The maximum absolute atomic E-state index is 12.8. The quantitative estimate of drug-likeness (QED) is 0.698. The van der Waals surface area contributed by atoms with Crippen molar-refractivity contribution < 1.29 is 9.59 Å². The Bertz CT molecular complexity index is 888. The molecule has 2 aliphatic rings. The minimum atomic E-state index is -0.0376. The predicted molar refractivity (Wildman–Crippen MR) is 129 cm³/mol. The number of carbonyl (C=O) groups excluding carboxylic acids is 2. The van der Waals surface area contributed by atoms with Gasteiger partial charge in [0, 0.05) is 36.7 Å². The minimum Gasteiger partial charge on any atom is -0.326 e. The summed E-state index contributed by atoms with van der Waals surface area (Å²) in [7, 11) is 0. The molecule has 2 aliphatic heterocycles. The number of benzene rings is 1. The number of carbonyl (C=O) groups is 2. The number of aromatic nitrogens is 1. The highest BCUT2D eigenvalue weighted by Gasteiger charge is 2.26. The molecule has 1 saturated heterocycles. The summed E-state index contributed by atoms with van der Waals surface area (Å²) in [6, 6.07) is 9.38. The molecule has 0 radical (unpaired) electrons. The highest BCUT2D eigenvalue weighted by atomic mass is 35.5. The number of pyridine rings is 1. The zero-order valence-electron chi connectivity index (χ0n) is 17.7. The zero-order chi connectivity index (χ0) is 20.2. The van der Waals surface area contributed by atoms with E-state index in [1.807, 2.05) is 18.2 Å². The van der Waals surface area contributed by atoms with E-state index in [1.165, 1.54) is 0 Å². The average molecular weight is 465 g/mol. The summed E-state index contributed by atoms with van der Waals surface area (Å²) in [5.41, 5.74) is 3.40. The molecule has 0 spiro atoms. The summed E-state index contributed by atoms with van der Waals surface area (Å²) in [6.45, 7) is 4.93. The monoisotopic (exact) mass is 464 g/mol. The fourth-order valence-electron chi connectivity index (χ4n) is 4.42. The van der Waals surface area contributed by atoms with Crippen molar-refractivity contribution >= 4 is 48.0 Å². The topological polar surface area (TPSA) is 74.3 Å². The smallest absolute Gasteiger partial charge is 0.259 e. The second-order valence-corrected chi connectivity index (χ2v) is 8.11. The molecule has 0 aliphatic carbocycles. The first-order chi connectivity index (χ1) is 14.1. The molecule has 2 aromatic rings. The Morgan fingerprint density at radius 2 is 2.00 bits per heavy atom. The van der Waals surface area contributed by atoms with Gasteiger partial charge in [0.2, 0.25) is 5.91 Å². The molecule has 1 aromatic carbocycles. The predicted octanol–water partition coefficient (Wildman–Crippen LogP) is 4.09. The summed E-state index contributed by atoms with van der Waals surface area (Å²) in [4.78, 5) is 31.1. The summed E-state index contributed by atoms with van der Waals surface area (Å²) in [5.74, 6) is 1.04. The molecule has 2 amide bonds. The number of hydrogen-bond donors (Lipinski definition) is 2. The molecule has 0 bridgehead atoms. The van der Waals surface area contributed by atoms with Gasteiger partial charge in [-0.15, -0.1) is 24.8 Å². The summed E-state index contributed by atoms with van der Waals surface area (Å²) < 4.78 is 0. The maximum atomic E-state index is 12.8. The van der Waals surface area contributed by atoms with E-state index in [2.05, 4.69) is 22.5 Å². The van der Waals surface area contributed by atoms with Crippen LogP contribution in [0.1, 0.15) is 42.1 Å². The zero-order valence-corrected chi connectivity index (χ0v) is 19.3. The van der Waals surface area contributed by atoms with Gasteiger partial charge in [0.15, 0.2) is 0 Å². The lowest BCUT2D eigenvalue weighted by Crippen LogP contribution is -2.32. The number of piperidine rings is 1. The van der Waals surface area contributed by atoms with Gasteiger partial charge in [0.25, 0.3) is 5.91 Å². The molecular formula is C23H30Cl2N4O2. The third kappa shape index (κ3) is 5.97. The first kappa shape index (κ1) is 25.1. The van der Waals surface area contributed by atoms with Crippen LogP contribution in [0.5, 0.6) is 0 Å². The van der Waals surface area contributed by atoms with Crippen LogP contribution in [-0.2, 0) is 11.2 Å². The van der Waals surface area contributed by atoms with Crippen molar-refractivity contribution in [1.82, 2.24) is 10.3 Å². The Morgan fingerprint density at radius 1 is 1.23 bits per heavy atom. The molecule has 8 heteroatoms. The van der Waals surface area contributed by atoms with E-state index in [1.54, 1.807) is 29.4 Å². The van der Waals surface area contributed by atoms with E-state index in [0.29, 0.717) is 30.4 Å². The summed E-state index contributed by atoms with van der Waals surface area (Å²) in [6.07, 6.45) is 6.89. The third-order valence-corrected chi connectivity index (χ3v) is 6.11. The molecular weight excluding hydrogens is 435 g/mol. The van der Waals surface area contributed by atoms with Crippen LogP contribution in [-0.4, -0.2) is 36.4 Å². The summed E-state index contributed by atoms with van der Waals surface area (Å²) >= 11 is 0.